The summed E-state index contributed by atoms with van der Waals surface area (Å²) in [6, 6.07) is 4.49. The lowest BCUT2D eigenvalue weighted by Crippen LogP contribution is -2.37. The van der Waals surface area contributed by atoms with E-state index >= 15 is 0 Å². The van der Waals surface area contributed by atoms with Gasteiger partial charge < -0.3 is 9.64 Å². The lowest BCUT2D eigenvalue weighted by atomic mass is 10.0. The number of carbonyl (C=O) groups is 1. The number of aryl methyl sites for hydroxylation is 1. The van der Waals surface area contributed by atoms with Crippen LogP contribution in [0.5, 0.6) is 0 Å². The molecule has 0 unspecified atom stereocenters. The number of hydrogen-bond acceptors (Lipinski definition) is 3. The lowest BCUT2D eigenvalue weighted by molar-refractivity contribution is -0.139. The molecule has 1 aromatic heterocycles. The Morgan fingerprint density at radius 2 is 2.00 bits per heavy atom. The van der Waals surface area contributed by atoms with Crippen molar-refractivity contribution in [3.8, 4) is 11.1 Å². The third-order valence-corrected chi connectivity index (χ3v) is 4.21. The van der Waals surface area contributed by atoms with Crippen LogP contribution in [-0.2, 0) is 17.5 Å². The monoisotopic (exact) mass is 368 g/mol. The normalized spacial score (nSPS) is 15.1. The molecule has 8 heteroatoms. The number of ether oxygens (including phenoxy) is 1. The highest BCUT2D eigenvalue weighted by Crippen LogP contribution is 2.34. The highest BCUT2D eigenvalue weighted by Gasteiger charge is 2.34. The molecule has 3 rings (SSSR count). The molecule has 0 bridgehead atoms. The molecular weight excluding hydrogens is 352 g/mol. The summed E-state index contributed by atoms with van der Waals surface area (Å²) in [6.45, 7) is 2.92. The number of hydrogen-bond donors (Lipinski definition) is 0. The van der Waals surface area contributed by atoms with Gasteiger partial charge in [0, 0.05) is 24.0 Å². The molecule has 1 saturated heterocycles. The average molecular weight is 368 g/mol. The highest BCUT2D eigenvalue weighted by molar-refractivity contribution is 5.69. The number of benzene rings is 1. The molecule has 0 N–H and O–H groups in total. The van der Waals surface area contributed by atoms with Crippen LogP contribution >= 0.6 is 0 Å². The van der Waals surface area contributed by atoms with Crippen LogP contribution in [0.1, 0.15) is 23.2 Å². The van der Waals surface area contributed by atoms with Crippen molar-refractivity contribution >= 4 is 6.09 Å². The number of cyclic esters (lactones) is 1. The van der Waals surface area contributed by atoms with Crippen LogP contribution < -0.4 is 0 Å². The summed E-state index contributed by atoms with van der Waals surface area (Å²) in [6.07, 6.45) is -3.06. The van der Waals surface area contributed by atoms with Crippen LogP contribution in [-0.4, -0.2) is 29.1 Å². The topological polar surface area (TPSA) is 42.4 Å². The number of pyridine rings is 1. The maximum absolute atomic E-state index is 13.5. The molecule has 0 spiro atoms. The van der Waals surface area contributed by atoms with Crippen molar-refractivity contribution in [3.63, 3.8) is 0 Å². The largest absolute Gasteiger partial charge is 0.449 e. The number of alkyl halides is 3. The summed E-state index contributed by atoms with van der Waals surface area (Å²) in [7, 11) is 0. The fourth-order valence-corrected chi connectivity index (χ4v) is 2.77. The molecule has 1 amide bonds. The van der Waals surface area contributed by atoms with Crippen LogP contribution in [0.2, 0.25) is 0 Å². The van der Waals surface area contributed by atoms with Crippen molar-refractivity contribution in [2.24, 2.45) is 0 Å². The first-order valence-corrected chi connectivity index (χ1v) is 8.00. The Kier molecular flexibility index (Phi) is 4.84. The molecule has 0 aliphatic carbocycles. The van der Waals surface area contributed by atoms with E-state index in [1.165, 1.54) is 17.2 Å². The van der Waals surface area contributed by atoms with Crippen molar-refractivity contribution in [2.45, 2.75) is 26.1 Å². The molecular formula is C18H16F4N2O2. The minimum atomic E-state index is -4.78. The summed E-state index contributed by atoms with van der Waals surface area (Å²) in [5, 5.41) is 0. The van der Waals surface area contributed by atoms with Gasteiger partial charge in [0.15, 0.2) is 0 Å². The second kappa shape index (κ2) is 6.93. The minimum Gasteiger partial charge on any atom is -0.449 e. The van der Waals surface area contributed by atoms with E-state index in [9.17, 15) is 22.4 Å². The minimum absolute atomic E-state index is 0.202. The second-order valence-electron chi connectivity index (χ2n) is 6.05. The Morgan fingerprint density at radius 1 is 1.23 bits per heavy atom. The Balaban J connectivity index is 1.93. The van der Waals surface area contributed by atoms with Crippen molar-refractivity contribution in [3.05, 3.63) is 53.1 Å². The quantitative estimate of drug-likeness (QED) is 0.746. The molecule has 138 valence electrons. The van der Waals surface area contributed by atoms with E-state index in [4.69, 9.17) is 4.74 Å². The van der Waals surface area contributed by atoms with Crippen molar-refractivity contribution in [2.75, 3.05) is 13.2 Å². The predicted molar refractivity (Wildman–Crippen MR) is 85.7 cm³/mol. The molecule has 1 aromatic carbocycles. The van der Waals surface area contributed by atoms with E-state index in [2.05, 4.69) is 4.98 Å². The van der Waals surface area contributed by atoms with Gasteiger partial charge in [-0.15, -0.1) is 0 Å². The second-order valence-corrected chi connectivity index (χ2v) is 6.05. The van der Waals surface area contributed by atoms with Gasteiger partial charge in [0.1, 0.15) is 5.82 Å². The van der Waals surface area contributed by atoms with E-state index in [-0.39, 0.29) is 12.1 Å². The first-order valence-electron chi connectivity index (χ1n) is 8.00. The number of carbonyl (C=O) groups excluding carboxylic acids is 1. The average Bonchev–Trinajstić information content (AvgIpc) is 2.58. The number of rotatable bonds is 3. The Labute approximate surface area is 147 Å². The zero-order valence-corrected chi connectivity index (χ0v) is 13.9. The van der Waals surface area contributed by atoms with Crippen LogP contribution in [0.15, 0.2) is 30.5 Å². The van der Waals surface area contributed by atoms with Gasteiger partial charge >= 0.3 is 12.3 Å². The van der Waals surface area contributed by atoms with Crippen molar-refractivity contribution in [1.82, 2.24) is 9.88 Å². The number of halogens is 4. The molecule has 0 radical (unpaired) electrons. The van der Waals surface area contributed by atoms with Crippen LogP contribution in [0.3, 0.4) is 0 Å². The van der Waals surface area contributed by atoms with Gasteiger partial charge in [-0.05, 0) is 42.7 Å². The third kappa shape index (κ3) is 3.79. The Bertz CT molecular complexity index is 836. The zero-order chi connectivity index (χ0) is 18.9. The first kappa shape index (κ1) is 18.2. The van der Waals surface area contributed by atoms with Crippen molar-refractivity contribution < 1.29 is 27.1 Å². The summed E-state index contributed by atoms with van der Waals surface area (Å²) in [4.78, 5) is 17.5. The number of aromatic nitrogens is 1. The van der Waals surface area contributed by atoms with Crippen LogP contribution in [0, 0.1) is 12.7 Å². The van der Waals surface area contributed by atoms with Gasteiger partial charge in [-0.1, -0.05) is 6.07 Å². The van der Waals surface area contributed by atoms with Crippen LogP contribution in [0.4, 0.5) is 22.4 Å². The third-order valence-electron chi connectivity index (χ3n) is 4.21. The Morgan fingerprint density at radius 3 is 2.69 bits per heavy atom. The fourth-order valence-electron chi connectivity index (χ4n) is 2.77. The van der Waals surface area contributed by atoms with Gasteiger partial charge in [-0.25, -0.2) is 9.18 Å². The van der Waals surface area contributed by atoms with Gasteiger partial charge in [-0.3, -0.25) is 4.98 Å². The van der Waals surface area contributed by atoms with E-state index in [0.29, 0.717) is 36.4 Å². The lowest BCUT2D eigenvalue weighted by Gasteiger charge is -2.26. The van der Waals surface area contributed by atoms with E-state index in [1.54, 1.807) is 13.0 Å². The van der Waals surface area contributed by atoms with Gasteiger partial charge in [0.25, 0.3) is 0 Å². The predicted octanol–water partition coefficient (Wildman–Crippen LogP) is 4.56. The van der Waals surface area contributed by atoms with Gasteiger partial charge in [0.2, 0.25) is 0 Å². The summed E-state index contributed by atoms with van der Waals surface area (Å²) >= 11 is 0. The number of amides is 1. The molecule has 26 heavy (non-hydrogen) atoms. The fraction of sp³-hybridized carbons (Fsp3) is 0.333. The molecule has 0 saturated carbocycles. The van der Waals surface area contributed by atoms with E-state index in [1.807, 2.05) is 0 Å². The van der Waals surface area contributed by atoms with Crippen molar-refractivity contribution in [1.29, 1.82) is 0 Å². The first-order chi connectivity index (χ1) is 12.3. The SMILES string of the molecule is Cc1ncc(-c2ccc(F)c(C(F)(F)F)c2)cc1CN1CCCOC1=O. The zero-order valence-electron chi connectivity index (χ0n) is 13.9. The summed E-state index contributed by atoms with van der Waals surface area (Å²) in [5.74, 6) is -1.32. The van der Waals surface area contributed by atoms with E-state index in [0.717, 1.165) is 12.1 Å². The Hall–Kier alpha value is -2.64. The van der Waals surface area contributed by atoms with E-state index < -0.39 is 23.7 Å². The molecule has 0 atom stereocenters. The smallest absolute Gasteiger partial charge is 0.419 e. The standard InChI is InChI=1S/C18H16F4N2O2/c1-11-14(10-24-5-2-6-26-17(24)25)7-13(9-23-11)12-3-4-16(19)15(8-12)18(20,21)22/h3-4,7-9H,2,5-6,10H2,1H3. The maximum atomic E-state index is 13.5. The highest BCUT2D eigenvalue weighted by atomic mass is 19.4. The number of nitrogens with zero attached hydrogens (tertiary/aromatic N) is 2. The molecule has 2 heterocycles. The molecule has 1 aliphatic heterocycles. The summed E-state index contributed by atoms with van der Waals surface area (Å²) in [5.41, 5.74) is 0.649. The summed E-state index contributed by atoms with van der Waals surface area (Å²) < 4.78 is 57.2. The maximum Gasteiger partial charge on any atom is 0.419 e. The van der Waals surface area contributed by atoms with Gasteiger partial charge in [-0.2, -0.15) is 13.2 Å². The molecule has 4 nitrogen and oxygen atoms in total. The van der Waals surface area contributed by atoms with Crippen LogP contribution in [0.25, 0.3) is 11.1 Å². The molecule has 2 aromatic rings. The van der Waals surface area contributed by atoms with Gasteiger partial charge in [0.05, 0.1) is 18.7 Å². The molecule has 1 fully saturated rings. The molecule has 1 aliphatic rings.